The first-order valence-electron chi connectivity index (χ1n) is 6.48. The van der Waals surface area contributed by atoms with E-state index >= 15 is 0 Å². The van der Waals surface area contributed by atoms with Crippen LogP contribution in [0, 0.1) is 6.92 Å². The average molecular weight is 267 g/mol. The quantitative estimate of drug-likeness (QED) is 0.761. The summed E-state index contributed by atoms with van der Waals surface area (Å²) in [6, 6.07) is 1.26. The summed E-state index contributed by atoms with van der Waals surface area (Å²) in [6.45, 7) is 8.30. The number of carbonyl (C=O) groups is 1. The molecule has 0 amide bonds. The van der Waals surface area contributed by atoms with Gasteiger partial charge in [-0.25, -0.2) is 9.78 Å². The molecular weight excluding hydrogens is 246 g/mol. The van der Waals surface area contributed by atoms with Gasteiger partial charge in [-0.2, -0.15) is 4.98 Å². The number of hydrogen-bond acceptors (Lipinski definition) is 6. The van der Waals surface area contributed by atoms with Crippen molar-refractivity contribution in [3.05, 3.63) is 11.8 Å². The number of carbonyl (C=O) groups excluding carboxylic acids is 1. The molecular formula is C13H21N3O3. The van der Waals surface area contributed by atoms with Crippen molar-refractivity contribution in [1.29, 1.82) is 0 Å². The number of aryl methyl sites for hydroxylation is 1. The van der Waals surface area contributed by atoms with Crippen LogP contribution in [0.25, 0.3) is 0 Å². The molecule has 6 heteroatoms. The molecule has 1 aromatic rings. The molecule has 0 saturated carbocycles. The molecule has 0 aliphatic carbocycles. The Kier molecular flexibility index (Phi) is 6.05. The first kappa shape index (κ1) is 15.2. The fourth-order valence-electron chi connectivity index (χ4n) is 1.40. The van der Waals surface area contributed by atoms with Crippen molar-refractivity contribution >= 4 is 11.9 Å². The molecule has 1 aromatic heterocycles. The van der Waals surface area contributed by atoms with Gasteiger partial charge in [-0.15, -0.1) is 0 Å². The molecule has 1 unspecified atom stereocenters. The van der Waals surface area contributed by atoms with Crippen LogP contribution < -0.4 is 10.1 Å². The van der Waals surface area contributed by atoms with E-state index in [2.05, 4.69) is 15.3 Å². The topological polar surface area (TPSA) is 73.3 Å². The van der Waals surface area contributed by atoms with Gasteiger partial charge in [0.2, 0.25) is 11.8 Å². The Balaban J connectivity index is 2.71. The standard InChI is InChI=1S/C13H21N3O3/c1-5-7-19-11-8-9(3)14-13(16-11)15-10(4)12(17)18-6-2/h8,10H,5-7H2,1-4H3,(H,14,15,16). The van der Waals surface area contributed by atoms with Crippen molar-refractivity contribution in [2.24, 2.45) is 0 Å². The highest BCUT2D eigenvalue weighted by Crippen LogP contribution is 2.13. The minimum Gasteiger partial charge on any atom is -0.478 e. The third-order valence-corrected chi connectivity index (χ3v) is 2.27. The van der Waals surface area contributed by atoms with Crippen LogP contribution in [0.1, 0.15) is 32.9 Å². The Morgan fingerprint density at radius 3 is 2.79 bits per heavy atom. The molecule has 1 heterocycles. The van der Waals surface area contributed by atoms with Gasteiger partial charge in [-0.3, -0.25) is 0 Å². The molecule has 0 spiro atoms. The van der Waals surface area contributed by atoms with Crippen molar-refractivity contribution in [3.63, 3.8) is 0 Å². The lowest BCUT2D eigenvalue weighted by Crippen LogP contribution is -2.29. The second-order valence-electron chi connectivity index (χ2n) is 4.14. The van der Waals surface area contributed by atoms with Gasteiger partial charge in [0.15, 0.2) is 0 Å². The highest BCUT2D eigenvalue weighted by molar-refractivity contribution is 5.78. The molecule has 0 aliphatic heterocycles. The largest absolute Gasteiger partial charge is 0.478 e. The van der Waals surface area contributed by atoms with Crippen LogP contribution in [-0.2, 0) is 9.53 Å². The zero-order valence-corrected chi connectivity index (χ0v) is 11.9. The molecule has 1 N–H and O–H groups in total. The van der Waals surface area contributed by atoms with Gasteiger partial charge in [0.25, 0.3) is 0 Å². The maximum Gasteiger partial charge on any atom is 0.328 e. The van der Waals surface area contributed by atoms with Gasteiger partial charge in [-0.05, 0) is 27.2 Å². The highest BCUT2D eigenvalue weighted by atomic mass is 16.5. The van der Waals surface area contributed by atoms with Crippen LogP contribution >= 0.6 is 0 Å². The number of nitrogens with one attached hydrogen (secondary N) is 1. The second kappa shape index (κ2) is 7.56. The van der Waals surface area contributed by atoms with Crippen molar-refractivity contribution in [2.45, 2.75) is 40.2 Å². The number of hydrogen-bond donors (Lipinski definition) is 1. The van der Waals surface area contributed by atoms with Gasteiger partial charge < -0.3 is 14.8 Å². The van der Waals surface area contributed by atoms with Crippen molar-refractivity contribution in [2.75, 3.05) is 18.5 Å². The fraction of sp³-hybridized carbons (Fsp3) is 0.615. The van der Waals surface area contributed by atoms with Crippen LogP contribution in [0.2, 0.25) is 0 Å². The Morgan fingerprint density at radius 2 is 2.16 bits per heavy atom. The first-order valence-corrected chi connectivity index (χ1v) is 6.48. The molecule has 0 aromatic carbocycles. The van der Waals surface area contributed by atoms with E-state index < -0.39 is 6.04 Å². The summed E-state index contributed by atoms with van der Waals surface area (Å²) in [7, 11) is 0. The number of aromatic nitrogens is 2. The maximum absolute atomic E-state index is 11.5. The molecule has 0 saturated heterocycles. The molecule has 6 nitrogen and oxygen atoms in total. The van der Waals surface area contributed by atoms with E-state index in [1.54, 1.807) is 19.9 Å². The molecule has 19 heavy (non-hydrogen) atoms. The summed E-state index contributed by atoms with van der Waals surface area (Å²) in [5.74, 6) is 0.545. The van der Waals surface area contributed by atoms with E-state index in [1.165, 1.54) is 0 Å². The molecule has 0 bridgehead atoms. The van der Waals surface area contributed by atoms with Crippen LogP contribution in [0.4, 0.5) is 5.95 Å². The summed E-state index contributed by atoms with van der Waals surface area (Å²) < 4.78 is 10.4. The van der Waals surface area contributed by atoms with Crippen molar-refractivity contribution in [1.82, 2.24) is 9.97 Å². The predicted molar refractivity (Wildman–Crippen MR) is 72.3 cm³/mol. The lowest BCUT2D eigenvalue weighted by atomic mass is 10.3. The first-order chi connectivity index (χ1) is 9.06. The molecule has 0 aliphatic rings. The molecule has 1 rings (SSSR count). The SMILES string of the molecule is CCCOc1cc(C)nc(NC(C)C(=O)OCC)n1. The minimum atomic E-state index is -0.499. The number of ether oxygens (including phenoxy) is 2. The zero-order chi connectivity index (χ0) is 14.3. The molecule has 106 valence electrons. The van der Waals surface area contributed by atoms with Crippen molar-refractivity contribution in [3.8, 4) is 5.88 Å². The Morgan fingerprint density at radius 1 is 1.42 bits per heavy atom. The lowest BCUT2D eigenvalue weighted by molar-refractivity contribution is -0.143. The van der Waals surface area contributed by atoms with Crippen molar-refractivity contribution < 1.29 is 14.3 Å². The molecule has 1 atom stereocenters. The van der Waals surface area contributed by atoms with Crippen LogP contribution in [0.3, 0.4) is 0 Å². The minimum absolute atomic E-state index is 0.330. The second-order valence-corrected chi connectivity index (χ2v) is 4.14. The van der Waals surface area contributed by atoms with E-state index in [0.29, 0.717) is 25.0 Å². The van der Waals surface area contributed by atoms with Crippen LogP contribution in [0.15, 0.2) is 6.07 Å². The fourth-order valence-corrected chi connectivity index (χ4v) is 1.40. The van der Waals surface area contributed by atoms with Gasteiger partial charge in [0.05, 0.1) is 13.2 Å². The predicted octanol–water partition coefficient (Wildman–Crippen LogP) is 1.94. The van der Waals surface area contributed by atoms with E-state index in [-0.39, 0.29) is 5.97 Å². The highest BCUT2D eigenvalue weighted by Gasteiger charge is 2.15. The van der Waals surface area contributed by atoms with Gasteiger partial charge in [0, 0.05) is 11.8 Å². The Bertz CT molecular complexity index is 424. The van der Waals surface area contributed by atoms with E-state index in [9.17, 15) is 4.79 Å². The number of esters is 1. The zero-order valence-electron chi connectivity index (χ0n) is 11.9. The summed E-state index contributed by atoms with van der Waals surface area (Å²) in [5, 5.41) is 2.91. The molecule has 0 radical (unpaired) electrons. The monoisotopic (exact) mass is 267 g/mol. The summed E-state index contributed by atoms with van der Waals surface area (Å²) in [6.07, 6.45) is 0.908. The smallest absolute Gasteiger partial charge is 0.328 e. The summed E-state index contributed by atoms with van der Waals surface area (Å²) >= 11 is 0. The Labute approximate surface area is 113 Å². The number of anilines is 1. The summed E-state index contributed by atoms with van der Waals surface area (Å²) in [4.78, 5) is 19.9. The number of rotatable bonds is 7. The lowest BCUT2D eigenvalue weighted by Gasteiger charge is -2.13. The van der Waals surface area contributed by atoms with Gasteiger partial charge >= 0.3 is 5.97 Å². The third kappa shape index (κ3) is 5.11. The van der Waals surface area contributed by atoms with E-state index in [4.69, 9.17) is 9.47 Å². The Hall–Kier alpha value is -1.85. The van der Waals surface area contributed by atoms with Gasteiger partial charge in [-0.1, -0.05) is 6.92 Å². The van der Waals surface area contributed by atoms with Gasteiger partial charge in [0.1, 0.15) is 6.04 Å². The molecule has 0 fully saturated rings. The summed E-state index contributed by atoms with van der Waals surface area (Å²) in [5.41, 5.74) is 0.777. The van der Waals surface area contributed by atoms with E-state index in [1.807, 2.05) is 13.8 Å². The number of nitrogens with zero attached hydrogens (tertiary/aromatic N) is 2. The maximum atomic E-state index is 11.5. The normalized spacial score (nSPS) is 11.8. The van der Waals surface area contributed by atoms with Crippen LogP contribution in [-0.4, -0.2) is 35.2 Å². The average Bonchev–Trinajstić information content (AvgIpc) is 2.36. The van der Waals surface area contributed by atoms with Crippen LogP contribution in [0.5, 0.6) is 5.88 Å². The third-order valence-electron chi connectivity index (χ3n) is 2.27. The van der Waals surface area contributed by atoms with E-state index in [0.717, 1.165) is 12.1 Å².